The van der Waals surface area contributed by atoms with E-state index in [9.17, 15) is 4.79 Å². The van der Waals surface area contributed by atoms with Crippen LogP contribution in [-0.4, -0.2) is 55.3 Å². The summed E-state index contributed by atoms with van der Waals surface area (Å²) in [6.45, 7) is 1.53. The van der Waals surface area contributed by atoms with Crippen LogP contribution >= 0.6 is 0 Å². The minimum absolute atomic E-state index is 0.105. The summed E-state index contributed by atoms with van der Waals surface area (Å²) in [5, 5.41) is 11.6. The van der Waals surface area contributed by atoms with Crippen molar-refractivity contribution in [2.45, 2.75) is 69.2 Å². The number of hydroxylamine groups is 1. The van der Waals surface area contributed by atoms with Gasteiger partial charge in [-0.1, -0.05) is 6.42 Å². The standard InChI is InChI=1S/C18H28N4O3/c1-24-13-4-2-3-12(7-13)14-8-15(25-21-14)17(23)22-6-5-18(10-22)9-16(18)20-11-19/h12-16,20-21H,2-10H2,1H3/t12?,13?,14?,15?,16?,18-/m1/s1. The summed E-state index contributed by atoms with van der Waals surface area (Å²) in [6, 6.07) is 0.497. The molecule has 5 unspecified atom stereocenters. The first-order valence-corrected chi connectivity index (χ1v) is 9.52. The van der Waals surface area contributed by atoms with Gasteiger partial charge in [-0.2, -0.15) is 10.7 Å². The lowest BCUT2D eigenvalue weighted by Gasteiger charge is -2.31. The van der Waals surface area contributed by atoms with E-state index in [-0.39, 0.29) is 29.5 Å². The monoisotopic (exact) mass is 348 g/mol. The van der Waals surface area contributed by atoms with E-state index in [1.807, 2.05) is 11.1 Å². The van der Waals surface area contributed by atoms with Crippen molar-refractivity contribution in [2.24, 2.45) is 11.3 Å². The summed E-state index contributed by atoms with van der Waals surface area (Å²) >= 11 is 0. The molecule has 7 heteroatoms. The van der Waals surface area contributed by atoms with Crippen LogP contribution in [0, 0.1) is 22.8 Å². The van der Waals surface area contributed by atoms with Crippen LogP contribution in [0.15, 0.2) is 0 Å². The predicted octanol–water partition coefficient (Wildman–Crippen LogP) is 0.915. The molecule has 1 spiro atoms. The van der Waals surface area contributed by atoms with Gasteiger partial charge in [-0.05, 0) is 38.0 Å². The van der Waals surface area contributed by atoms with Crippen LogP contribution in [0.5, 0.6) is 0 Å². The second kappa shape index (κ2) is 6.75. The summed E-state index contributed by atoms with van der Waals surface area (Å²) in [4.78, 5) is 20.4. The van der Waals surface area contributed by atoms with Gasteiger partial charge in [-0.3, -0.25) is 9.63 Å². The minimum Gasteiger partial charge on any atom is -0.381 e. The molecule has 2 aliphatic carbocycles. The number of hydrogen-bond donors (Lipinski definition) is 2. The Balaban J connectivity index is 1.29. The number of rotatable bonds is 4. The van der Waals surface area contributed by atoms with E-state index < -0.39 is 0 Å². The van der Waals surface area contributed by atoms with E-state index in [2.05, 4.69) is 10.8 Å². The van der Waals surface area contributed by atoms with Gasteiger partial charge >= 0.3 is 0 Å². The molecule has 0 aromatic heterocycles. The SMILES string of the molecule is COC1CCCC(C2CC(C(=O)N3CC[C@@]4(CC4NC#N)C3)ON2)C1. The third-order valence-electron chi connectivity index (χ3n) is 6.80. The normalized spacial score (nSPS) is 43.2. The number of ether oxygens (including phenoxy) is 1. The molecule has 0 aromatic carbocycles. The second-order valence-corrected chi connectivity index (χ2v) is 8.24. The summed E-state index contributed by atoms with van der Waals surface area (Å²) in [7, 11) is 1.79. The number of amides is 1. The first-order valence-electron chi connectivity index (χ1n) is 9.52. The molecule has 2 heterocycles. The third-order valence-corrected chi connectivity index (χ3v) is 6.80. The number of nitrogens with zero attached hydrogens (tertiary/aromatic N) is 2. The van der Waals surface area contributed by atoms with Crippen LogP contribution in [0.2, 0.25) is 0 Å². The van der Waals surface area contributed by atoms with Gasteiger partial charge in [0.25, 0.3) is 5.91 Å². The number of likely N-dealkylation sites (tertiary alicyclic amines) is 1. The highest BCUT2D eigenvalue weighted by molar-refractivity contribution is 5.81. The zero-order valence-corrected chi connectivity index (χ0v) is 14.9. The van der Waals surface area contributed by atoms with E-state index >= 15 is 0 Å². The highest BCUT2D eigenvalue weighted by atomic mass is 16.7. The van der Waals surface area contributed by atoms with Gasteiger partial charge in [-0.15, -0.1) is 0 Å². The average Bonchev–Trinajstić information content (AvgIpc) is 3.00. The van der Waals surface area contributed by atoms with Crippen molar-refractivity contribution < 1.29 is 14.4 Å². The van der Waals surface area contributed by atoms with Gasteiger partial charge in [0, 0.05) is 44.1 Å². The summed E-state index contributed by atoms with van der Waals surface area (Å²) in [5.41, 5.74) is 3.26. The molecule has 2 saturated heterocycles. The average molecular weight is 348 g/mol. The fraction of sp³-hybridized carbons (Fsp3) is 0.889. The van der Waals surface area contributed by atoms with Gasteiger partial charge in [-0.25, -0.2) is 0 Å². The van der Waals surface area contributed by atoms with Gasteiger partial charge in [0.1, 0.15) is 0 Å². The molecule has 4 aliphatic rings. The largest absolute Gasteiger partial charge is 0.381 e. The predicted molar refractivity (Wildman–Crippen MR) is 90.0 cm³/mol. The lowest BCUT2D eigenvalue weighted by Crippen LogP contribution is -2.38. The Morgan fingerprint density at radius 1 is 1.44 bits per heavy atom. The fourth-order valence-electron chi connectivity index (χ4n) is 5.07. The minimum atomic E-state index is -0.371. The van der Waals surface area contributed by atoms with Gasteiger partial charge in [0.2, 0.25) is 0 Å². The topological polar surface area (TPSA) is 86.6 Å². The molecule has 0 bridgehead atoms. The fourth-order valence-corrected chi connectivity index (χ4v) is 5.07. The summed E-state index contributed by atoms with van der Waals surface area (Å²) in [6.07, 6.45) is 9.28. The van der Waals surface area contributed by atoms with Crippen LogP contribution in [0.4, 0.5) is 0 Å². The van der Waals surface area contributed by atoms with E-state index in [1.54, 1.807) is 7.11 Å². The number of methoxy groups -OCH3 is 1. The van der Waals surface area contributed by atoms with E-state index in [4.69, 9.17) is 14.8 Å². The van der Waals surface area contributed by atoms with Crippen molar-refractivity contribution in [3.63, 3.8) is 0 Å². The molecule has 2 aliphatic heterocycles. The first-order chi connectivity index (χ1) is 12.1. The molecule has 1 amide bonds. The molecular weight excluding hydrogens is 320 g/mol. The molecule has 4 fully saturated rings. The van der Waals surface area contributed by atoms with E-state index in [0.29, 0.717) is 12.0 Å². The number of nitrogens with one attached hydrogen (secondary N) is 2. The molecule has 0 aromatic rings. The third kappa shape index (κ3) is 3.23. The molecule has 0 radical (unpaired) electrons. The Bertz CT molecular complexity index is 565. The number of hydrogen-bond acceptors (Lipinski definition) is 6. The first kappa shape index (κ1) is 17.1. The zero-order valence-electron chi connectivity index (χ0n) is 14.9. The summed E-state index contributed by atoms with van der Waals surface area (Å²) in [5.74, 6) is 0.627. The molecule has 2 N–H and O–H groups in total. The molecule has 6 atom stereocenters. The Morgan fingerprint density at radius 3 is 3.12 bits per heavy atom. The highest BCUT2D eigenvalue weighted by Crippen LogP contribution is 2.53. The van der Waals surface area contributed by atoms with Gasteiger partial charge < -0.3 is 15.0 Å². The molecular formula is C18H28N4O3. The number of nitriles is 1. The van der Waals surface area contributed by atoms with E-state index in [1.165, 1.54) is 12.8 Å². The van der Waals surface area contributed by atoms with Crippen molar-refractivity contribution in [1.82, 2.24) is 15.7 Å². The van der Waals surface area contributed by atoms with Gasteiger partial charge in [0.15, 0.2) is 12.3 Å². The Kier molecular flexibility index (Phi) is 4.61. The van der Waals surface area contributed by atoms with Crippen LogP contribution in [0.3, 0.4) is 0 Å². The van der Waals surface area contributed by atoms with Crippen molar-refractivity contribution in [3.8, 4) is 6.19 Å². The van der Waals surface area contributed by atoms with Crippen LogP contribution < -0.4 is 10.8 Å². The van der Waals surface area contributed by atoms with Crippen LogP contribution in [-0.2, 0) is 14.4 Å². The number of carbonyl (C=O) groups excluding carboxylic acids is 1. The molecule has 2 saturated carbocycles. The molecule has 4 rings (SSSR count). The van der Waals surface area contributed by atoms with Crippen LogP contribution in [0.1, 0.15) is 44.9 Å². The highest BCUT2D eigenvalue weighted by Gasteiger charge is 2.59. The maximum atomic E-state index is 12.8. The van der Waals surface area contributed by atoms with Crippen molar-refractivity contribution in [3.05, 3.63) is 0 Å². The second-order valence-electron chi connectivity index (χ2n) is 8.24. The smallest absolute Gasteiger partial charge is 0.253 e. The van der Waals surface area contributed by atoms with Crippen molar-refractivity contribution in [1.29, 1.82) is 5.26 Å². The molecule has 138 valence electrons. The maximum absolute atomic E-state index is 12.8. The zero-order chi connectivity index (χ0) is 17.4. The Morgan fingerprint density at radius 2 is 2.32 bits per heavy atom. The maximum Gasteiger partial charge on any atom is 0.253 e. The van der Waals surface area contributed by atoms with Crippen molar-refractivity contribution in [2.75, 3.05) is 20.2 Å². The lowest BCUT2D eigenvalue weighted by atomic mass is 9.81. The van der Waals surface area contributed by atoms with Crippen molar-refractivity contribution >= 4 is 5.91 Å². The molecule has 7 nitrogen and oxygen atoms in total. The number of carbonyl (C=O) groups is 1. The Labute approximate surface area is 149 Å². The quantitative estimate of drug-likeness (QED) is 0.580. The Hall–Kier alpha value is -1.36. The lowest BCUT2D eigenvalue weighted by molar-refractivity contribution is -0.143. The molecule has 25 heavy (non-hydrogen) atoms. The summed E-state index contributed by atoms with van der Waals surface area (Å²) < 4.78 is 5.52. The van der Waals surface area contributed by atoms with Gasteiger partial charge in [0.05, 0.1) is 6.10 Å². The van der Waals surface area contributed by atoms with E-state index in [0.717, 1.165) is 45.2 Å². The van der Waals surface area contributed by atoms with Crippen LogP contribution in [0.25, 0.3) is 0 Å².